The predicted molar refractivity (Wildman–Crippen MR) is 104 cm³/mol. The molecule has 27 heavy (non-hydrogen) atoms. The van der Waals surface area contributed by atoms with Gasteiger partial charge in [-0.3, -0.25) is 0 Å². The van der Waals surface area contributed by atoms with Crippen LogP contribution < -0.4 is 15.2 Å². The number of nitrogen functional groups attached to an aromatic ring is 1. The molecule has 2 heterocycles. The lowest BCUT2D eigenvalue weighted by Crippen LogP contribution is -2.32. The Morgan fingerprint density at radius 2 is 1.74 bits per heavy atom. The summed E-state index contributed by atoms with van der Waals surface area (Å²) in [6, 6.07) is 20.1. The second kappa shape index (κ2) is 6.03. The first-order chi connectivity index (χ1) is 13.2. The summed E-state index contributed by atoms with van der Waals surface area (Å²) in [7, 11) is 0. The van der Waals surface area contributed by atoms with Gasteiger partial charge in [0.05, 0.1) is 13.2 Å². The summed E-state index contributed by atoms with van der Waals surface area (Å²) in [4.78, 5) is 0. The fourth-order valence-corrected chi connectivity index (χ4v) is 4.06. The minimum atomic E-state index is -0.684. The van der Waals surface area contributed by atoms with Gasteiger partial charge in [0.25, 0.3) is 0 Å². The lowest BCUT2D eigenvalue weighted by atomic mass is 9.77. The molecule has 2 aliphatic rings. The molecule has 136 valence electrons. The van der Waals surface area contributed by atoms with E-state index in [4.69, 9.17) is 19.9 Å². The molecule has 4 heteroatoms. The van der Waals surface area contributed by atoms with Crippen molar-refractivity contribution in [1.29, 1.82) is 0 Å². The van der Waals surface area contributed by atoms with Crippen LogP contribution in [0.5, 0.6) is 17.2 Å². The van der Waals surface area contributed by atoms with Crippen LogP contribution >= 0.6 is 0 Å². The van der Waals surface area contributed by atoms with Crippen LogP contribution in [0.1, 0.15) is 35.6 Å². The molecule has 2 aliphatic heterocycles. The summed E-state index contributed by atoms with van der Waals surface area (Å²) in [6.45, 7) is 3.33. The molecule has 0 saturated heterocycles. The molecule has 0 fully saturated rings. The van der Waals surface area contributed by atoms with Gasteiger partial charge in [-0.1, -0.05) is 31.2 Å². The molecule has 0 saturated carbocycles. The van der Waals surface area contributed by atoms with Crippen molar-refractivity contribution in [1.82, 2.24) is 0 Å². The SMILES string of the molecule is CCCOc1ccc2c(c1)Oc1cc(N)ccc1C21OCc2ccccc21. The number of hydrogen-bond acceptors (Lipinski definition) is 4. The van der Waals surface area contributed by atoms with E-state index in [2.05, 4.69) is 31.2 Å². The summed E-state index contributed by atoms with van der Waals surface area (Å²) in [5, 5.41) is 0. The van der Waals surface area contributed by atoms with E-state index >= 15 is 0 Å². The van der Waals surface area contributed by atoms with Crippen LogP contribution in [0.25, 0.3) is 0 Å². The molecule has 3 aromatic rings. The Hall–Kier alpha value is -2.98. The van der Waals surface area contributed by atoms with Crippen molar-refractivity contribution in [2.45, 2.75) is 25.6 Å². The Balaban J connectivity index is 1.75. The summed E-state index contributed by atoms with van der Waals surface area (Å²) in [5.41, 5.74) is 10.3. The number of benzene rings is 3. The van der Waals surface area contributed by atoms with Gasteiger partial charge in [0, 0.05) is 28.9 Å². The van der Waals surface area contributed by atoms with Crippen molar-refractivity contribution < 1.29 is 14.2 Å². The van der Waals surface area contributed by atoms with Gasteiger partial charge in [-0.25, -0.2) is 0 Å². The fraction of sp³-hybridized carbons (Fsp3) is 0.217. The monoisotopic (exact) mass is 359 g/mol. The van der Waals surface area contributed by atoms with E-state index in [1.165, 1.54) is 5.56 Å². The Bertz CT molecular complexity index is 1030. The van der Waals surface area contributed by atoms with E-state index < -0.39 is 5.60 Å². The molecular formula is C23H21NO3. The van der Waals surface area contributed by atoms with Gasteiger partial charge < -0.3 is 19.9 Å². The maximum absolute atomic E-state index is 6.50. The zero-order valence-corrected chi connectivity index (χ0v) is 15.2. The highest BCUT2D eigenvalue weighted by molar-refractivity contribution is 5.66. The van der Waals surface area contributed by atoms with Crippen LogP contribution in [0.15, 0.2) is 60.7 Å². The van der Waals surface area contributed by atoms with Gasteiger partial charge in [-0.15, -0.1) is 0 Å². The first-order valence-corrected chi connectivity index (χ1v) is 9.30. The summed E-state index contributed by atoms with van der Waals surface area (Å²) in [6.07, 6.45) is 0.956. The quantitative estimate of drug-likeness (QED) is 0.670. The second-order valence-corrected chi connectivity index (χ2v) is 6.99. The summed E-state index contributed by atoms with van der Waals surface area (Å²) < 4.78 is 18.6. The minimum Gasteiger partial charge on any atom is -0.493 e. The molecule has 1 spiro atoms. The molecule has 3 aromatic carbocycles. The van der Waals surface area contributed by atoms with Crippen LogP contribution in [-0.4, -0.2) is 6.61 Å². The third kappa shape index (κ3) is 2.33. The zero-order valence-electron chi connectivity index (χ0n) is 15.2. The normalized spacial score (nSPS) is 19.1. The Labute approximate surface area is 158 Å². The zero-order chi connectivity index (χ0) is 18.4. The van der Waals surface area contributed by atoms with E-state index in [0.717, 1.165) is 40.4 Å². The van der Waals surface area contributed by atoms with Crippen LogP contribution in [0.3, 0.4) is 0 Å². The van der Waals surface area contributed by atoms with Crippen molar-refractivity contribution in [2.24, 2.45) is 0 Å². The Morgan fingerprint density at radius 3 is 2.59 bits per heavy atom. The van der Waals surface area contributed by atoms with Crippen LogP contribution in [-0.2, 0) is 16.9 Å². The molecule has 2 N–H and O–H groups in total. The van der Waals surface area contributed by atoms with Crippen LogP contribution in [0, 0.1) is 0 Å². The topological polar surface area (TPSA) is 53.7 Å². The number of fused-ring (bicyclic) bond motifs is 6. The van der Waals surface area contributed by atoms with E-state index in [1.807, 2.05) is 36.4 Å². The van der Waals surface area contributed by atoms with Crippen molar-refractivity contribution >= 4 is 5.69 Å². The number of rotatable bonds is 3. The van der Waals surface area contributed by atoms with E-state index in [1.54, 1.807) is 0 Å². The smallest absolute Gasteiger partial charge is 0.151 e. The van der Waals surface area contributed by atoms with Crippen molar-refractivity contribution in [3.63, 3.8) is 0 Å². The fourth-order valence-electron chi connectivity index (χ4n) is 4.06. The molecule has 0 aliphatic carbocycles. The third-order valence-corrected chi connectivity index (χ3v) is 5.25. The number of nitrogens with two attached hydrogens (primary N) is 1. The van der Waals surface area contributed by atoms with E-state index in [9.17, 15) is 0 Å². The molecule has 0 bridgehead atoms. The molecule has 0 radical (unpaired) electrons. The van der Waals surface area contributed by atoms with E-state index in [0.29, 0.717) is 18.9 Å². The highest BCUT2D eigenvalue weighted by Crippen LogP contribution is 2.56. The molecule has 1 unspecified atom stereocenters. The molecule has 5 rings (SSSR count). The van der Waals surface area contributed by atoms with Gasteiger partial charge in [0.2, 0.25) is 0 Å². The van der Waals surface area contributed by atoms with Gasteiger partial charge >= 0.3 is 0 Å². The molecule has 1 atom stereocenters. The summed E-state index contributed by atoms with van der Waals surface area (Å²) >= 11 is 0. The van der Waals surface area contributed by atoms with Crippen molar-refractivity contribution in [3.05, 3.63) is 82.9 Å². The van der Waals surface area contributed by atoms with Gasteiger partial charge in [-0.2, -0.15) is 0 Å². The number of anilines is 1. The first-order valence-electron chi connectivity index (χ1n) is 9.30. The Morgan fingerprint density at radius 1 is 0.963 bits per heavy atom. The molecule has 4 nitrogen and oxygen atoms in total. The number of ether oxygens (including phenoxy) is 3. The lowest BCUT2D eigenvalue weighted by molar-refractivity contribution is 0.0199. The van der Waals surface area contributed by atoms with E-state index in [-0.39, 0.29) is 0 Å². The number of hydrogen-bond donors (Lipinski definition) is 1. The molecule has 0 aromatic heterocycles. The van der Waals surface area contributed by atoms with Gasteiger partial charge in [0.15, 0.2) is 5.60 Å². The molecular weight excluding hydrogens is 338 g/mol. The molecule has 0 amide bonds. The second-order valence-electron chi connectivity index (χ2n) is 6.99. The average molecular weight is 359 g/mol. The maximum atomic E-state index is 6.50. The lowest BCUT2D eigenvalue weighted by Gasteiger charge is -2.37. The first kappa shape index (κ1) is 16.2. The highest BCUT2D eigenvalue weighted by Gasteiger charge is 2.49. The summed E-state index contributed by atoms with van der Waals surface area (Å²) in [5.74, 6) is 2.27. The van der Waals surface area contributed by atoms with Crippen molar-refractivity contribution in [2.75, 3.05) is 12.3 Å². The predicted octanol–water partition coefficient (Wildman–Crippen LogP) is 4.99. The average Bonchev–Trinajstić information content (AvgIpc) is 3.06. The third-order valence-electron chi connectivity index (χ3n) is 5.25. The standard InChI is InChI=1S/C23H21NO3/c1-2-11-25-17-8-10-20-22(13-17)27-21-12-16(24)7-9-19(21)23(20)18-6-4-3-5-15(18)14-26-23/h3-10,12-13H,2,11,14,24H2,1H3. The highest BCUT2D eigenvalue weighted by atomic mass is 16.5. The Kier molecular flexibility index (Phi) is 3.62. The largest absolute Gasteiger partial charge is 0.493 e. The van der Waals surface area contributed by atoms with Crippen molar-refractivity contribution in [3.8, 4) is 17.2 Å². The van der Waals surface area contributed by atoms with Crippen LogP contribution in [0.2, 0.25) is 0 Å². The van der Waals surface area contributed by atoms with Crippen LogP contribution in [0.4, 0.5) is 5.69 Å². The maximum Gasteiger partial charge on any atom is 0.151 e. The van der Waals surface area contributed by atoms with Gasteiger partial charge in [0.1, 0.15) is 17.2 Å². The van der Waals surface area contributed by atoms with Gasteiger partial charge in [-0.05, 0) is 41.8 Å². The minimum absolute atomic E-state index is 0.563.